The Kier molecular flexibility index (Phi) is 8.25. The number of anilines is 1. The number of ether oxygens (including phenoxy) is 3. The number of hydrogen-bond acceptors (Lipinski definition) is 5. The topological polar surface area (TPSA) is 68.8 Å². The van der Waals surface area contributed by atoms with Gasteiger partial charge in [0.25, 0.3) is 0 Å². The fraction of sp³-hybridized carbons (Fsp3) is 0.382. The van der Waals surface area contributed by atoms with Crippen LogP contribution in [0.2, 0.25) is 0 Å². The Balaban J connectivity index is 0.00000253. The van der Waals surface area contributed by atoms with Crippen LogP contribution in [0, 0.1) is 12.7 Å². The van der Waals surface area contributed by atoms with Gasteiger partial charge in [0.15, 0.2) is 0 Å². The first-order chi connectivity index (χ1) is 19.6. The zero-order chi connectivity index (χ0) is 29.1. The second-order valence-electron chi connectivity index (χ2n) is 11.6. The number of halogens is 1. The minimum absolute atomic E-state index is 0. The number of aryl methyl sites for hydroxylation is 1. The van der Waals surface area contributed by atoms with E-state index in [2.05, 4.69) is 43.5 Å². The molecule has 0 saturated heterocycles. The zero-order valence-corrected chi connectivity index (χ0v) is 24.5. The summed E-state index contributed by atoms with van der Waals surface area (Å²) in [7, 11) is 1.60. The molecule has 6 nitrogen and oxygen atoms in total. The highest BCUT2D eigenvalue weighted by molar-refractivity contribution is 5.88. The lowest BCUT2D eigenvalue weighted by Crippen LogP contribution is -2.37. The molecule has 0 radical (unpaired) electrons. The van der Waals surface area contributed by atoms with Crippen LogP contribution in [0.1, 0.15) is 72.4 Å². The molecule has 0 unspecified atom stereocenters. The van der Waals surface area contributed by atoms with Gasteiger partial charge in [0.2, 0.25) is 0 Å². The lowest BCUT2D eigenvalue weighted by molar-refractivity contribution is 0.192. The van der Waals surface area contributed by atoms with Gasteiger partial charge in [0.1, 0.15) is 29.7 Å². The highest BCUT2D eigenvalue weighted by Gasteiger charge is 2.27. The van der Waals surface area contributed by atoms with Gasteiger partial charge in [0.05, 0.1) is 12.6 Å². The second-order valence-corrected chi connectivity index (χ2v) is 11.6. The average Bonchev–Trinajstić information content (AvgIpc) is 2.93. The Bertz CT molecular complexity index is 1490. The molecule has 1 amide bonds. The van der Waals surface area contributed by atoms with E-state index >= 15 is 0 Å². The Labute approximate surface area is 244 Å². The lowest BCUT2D eigenvalue weighted by atomic mass is 9.85. The van der Waals surface area contributed by atoms with Crippen LogP contribution in [0.3, 0.4) is 0 Å². The fourth-order valence-electron chi connectivity index (χ4n) is 5.99. The number of methoxy groups -OCH3 is 1. The van der Waals surface area contributed by atoms with Crippen molar-refractivity contribution in [1.82, 2.24) is 5.32 Å². The van der Waals surface area contributed by atoms with Gasteiger partial charge in [-0.1, -0.05) is 37.5 Å². The molecule has 220 valence electrons. The summed E-state index contributed by atoms with van der Waals surface area (Å²) >= 11 is 0. The summed E-state index contributed by atoms with van der Waals surface area (Å²) < 4.78 is 31.7. The molecular formula is C34H43FN2O4. The minimum Gasteiger partial charge on any atom is -0.496 e. The van der Waals surface area contributed by atoms with Crippen LogP contribution in [0.25, 0.3) is 16.7 Å². The van der Waals surface area contributed by atoms with E-state index in [4.69, 9.17) is 14.2 Å². The molecule has 0 spiro atoms. The van der Waals surface area contributed by atoms with E-state index < -0.39 is 6.09 Å². The molecule has 1 saturated carbocycles. The van der Waals surface area contributed by atoms with Crippen molar-refractivity contribution < 1.29 is 26.2 Å². The maximum atomic E-state index is 14.0. The van der Waals surface area contributed by atoms with Crippen molar-refractivity contribution >= 4 is 17.4 Å². The number of fused-ring (bicyclic) bond motifs is 1. The highest BCUT2D eigenvalue weighted by atomic mass is 19.1. The summed E-state index contributed by atoms with van der Waals surface area (Å²) in [5.74, 6) is 1.13. The summed E-state index contributed by atoms with van der Waals surface area (Å²) in [4.78, 5) is 12.6. The van der Waals surface area contributed by atoms with Crippen LogP contribution in [0.4, 0.5) is 14.9 Å². The molecule has 3 aromatic carbocycles. The van der Waals surface area contributed by atoms with Crippen molar-refractivity contribution in [3.8, 4) is 28.4 Å². The van der Waals surface area contributed by atoms with Gasteiger partial charge in [-0.25, -0.2) is 9.18 Å². The largest absolute Gasteiger partial charge is 0.496 e. The third kappa shape index (κ3) is 6.50. The van der Waals surface area contributed by atoms with E-state index in [1.165, 1.54) is 18.6 Å². The maximum absolute atomic E-state index is 14.0. The fourth-order valence-corrected chi connectivity index (χ4v) is 5.99. The van der Waals surface area contributed by atoms with E-state index in [0.29, 0.717) is 17.2 Å². The molecule has 7 heteroatoms. The maximum Gasteiger partial charge on any atom is 0.412 e. The van der Waals surface area contributed by atoms with Crippen LogP contribution in [-0.2, 0) is 6.61 Å². The quantitative estimate of drug-likeness (QED) is 0.301. The van der Waals surface area contributed by atoms with Gasteiger partial charge in [-0.05, 0) is 81.5 Å². The number of rotatable bonds is 7. The van der Waals surface area contributed by atoms with Crippen LogP contribution in [0.15, 0.2) is 54.6 Å². The van der Waals surface area contributed by atoms with Crippen LogP contribution in [-0.4, -0.2) is 24.8 Å². The molecule has 1 heterocycles. The number of carbonyl (C=O) groups excluding carboxylic acids is 1. The van der Waals surface area contributed by atoms with Crippen molar-refractivity contribution in [2.24, 2.45) is 0 Å². The number of hydrogen-bond donors (Lipinski definition) is 2. The Morgan fingerprint density at radius 1 is 1.02 bits per heavy atom. The number of nitrogens with one attached hydrogen (secondary N) is 2. The molecule has 41 heavy (non-hydrogen) atoms. The molecule has 3 aromatic rings. The van der Waals surface area contributed by atoms with Crippen LogP contribution >= 0.6 is 0 Å². The molecule has 2 aliphatic rings. The smallest absolute Gasteiger partial charge is 0.412 e. The van der Waals surface area contributed by atoms with Crippen molar-refractivity contribution in [3.05, 3.63) is 77.1 Å². The first kappa shape index (κ1) is 28.5. The number of carbonyl (C=O) groups is 1. The summed E-state index contributed by atoms with van der Waals surface area (Å²) in [6.07, 6.45) is 7.18. The zero-order valence-electron chi connectivity index (χ0n) is 24.5. The molecule has 1 aliphatic carbocycles. The van der Waals surface area contributed by atoms with E-state index in [-0.39, 0.29) is 26.9 Å². The Hall–Kier alpha value is -4.00. The summed E-state index contributed by atoms with van der Waals surface area (Å²) in [6, 6.07) is 14.3. The van der Waals surface area contributed by atoms with Gasteiger partial charge in [-0.2, -0.15) is 0 Å². The molecule has 0 bridgehead atoms. The molecular weight excluding hydrogens is 519 g/mol. The highest BCUT2D eigenvalue weighted by Crippen LogP contribution is 2.43. The van der Waals surface area contributed by atoms with Crippen molar-refractivity contribution in [3.63, 3.8) is 0 Å². The first-order valence-electron chi connectivity index (χ1n) is 14.3. The van der Waals surface area contributed by atoms with Crippen LogP contribution in [0.5, 0.6) is 17.2 Å². The summed E-state index contributed by atoms with van der Waals surface area (Å²) in [5, 5.41) is 6.60. The average molecular weight is 563 g/mol. The Morgan fingerprint density at radius 2 is 1.78 bits per heavy atom. The standard InChI is InChI=1S/C34H39FN2O4.2H2/c1-21-11-12-23(35)17-30(21)40-20-28-26(15-16-29-32(28)22(2)19-34(3,4)37-29)27-14-13-25(18-31(27)39-5)41-33(38)36-24-9-7-6-8-10-24;;/h11-19,24,37H,6-10,20H2,1-5H3,(H,36,38);2*1H. The molecule has 5 rings (SSSR count). The van der Waals surface area contributed by atoms with Crippen LogP contribution < -0.4 is 24.8 Å². The SMILES string of the molecule is COc1cc(OC(=O)NC2CCCCC2)ccc1-c1ccc2c(c1COc1cc(F)ccc1C)C(C)=CC(C)(C)N2.[HH].[HH]. The third-order valence-electron chi connectivity index (χ3n) is 7.86. The van der Waals surface area contributed by atoms with E-state index in [1.807, 2.05) is 19.1 Å². The van der Waals surface area contributed by atoms with Gasteiger partial charge < -0.3 is 24.8 Å². The molecule has 2 N–H and O–H groups in total. The Morgan fingerprint density at radius 3 is 2.54 bits per heavy atom. The van der Waals surface area contributed by atoms with Gasteiger partial charge >= 0.3 is 6.09 Å². The monoisotopic (exact) mass is 562 g/mol. The van der Waals surface area contributed by atoms with Crippen molar-refractivity contribution in [1.29, 1.82) is 0 Å². The number of benzene rings is 3. The van der Waals surface area contributed by atoms with E-state index in [1.54, 1.807) is 25.3 Å². The molecule has 1 aliphatic heterocycles. The third-order valence-corrected chi connectivity index (χ3v) is 7.86. The molecule has 0 atom stereocenters. The lowest BCUT2D eigenvalue weighted by Gasteiger charge is -2.33. The predicted molar refractivity (Wildman–Crippen MR) is 166 cm³/mol. The van der Waals surface area contributed by atoms with Crippen molar-refractivity contribution in [2.75, 3.05) is 12.4 Å². The number of allylic oxidation sites excluding steroid dienone is 1. The van der Waals surface area contributed by atoms with Gasteiger partial charge in [0, 0.05) is 43.4 Å². The van der Waals surface area contributed by atoms with E-state index in [0.717, 1.165) is 64.8 Å². The first-order valence-corrected chi connectivity index (χ1v) is 14.3. The second kappa shape index (κ2) is 11.9. The normalized spacial score (nSPS) is 16.2. The van der Waals surface area contributed by atoms with E-state index in [9.17, 15) is 9.18 Å². The van der Waals surface area contributed by atoms with Gasteiger partial charge in [-0.15, -0.1) is 0 Å². The van der Waals surface area contributed by atoms with Gasteiger partial charge in [-0.3, -0.25) is 0 Å². The minimum atomic E-state index is -0.450. The van der Waals surface area contributed by atoms with Crippen molar-refractivity contribution in [2.45, 2.75) is 78.0 Å². The summed E-state index contributed by atoms with van der Waals surface area (Å²) in [5.41, 5.74) is 6.53. The molecule has 1 fully saturated rings. The number of amides is 1. The molecule has 0 aromatic heterocycles. The summed E-state index contributed by atoms with van der Waals surface area (Å²) in [6.45, 7) is 8.48. The predicted octanol–water partition coefficient (Wildman–Crippen LogP) is 8.91.